The monoisotopic (exact) mass is 682 g/mol. The minimum atomic E-state index is -2.71. The molecule has 48 heavy (non-hydrogen) atoms. The van der Waals surface area contributed by atoms with E-state index in [0.29, 0.717) is 24.3 Å². The molecular formula is C32H8BF13O2. The lowest BCUT2D eigenvalue weighted by Gasteiger charge is -2.22. The van der Waals surface area contributed by atoms with Crippen LogP contribution in [0, 0.1) is 75.6 Å². The second kappa shape index (κ2) is 10.8. The molecule has 0 aliphatic heterocycles. The Balaban J connectivity index is 1.55. The summed E-state index contributed by atoms with van der Waals surface area (Å²) in [5.41, 5.74) is -0.761. The number of fused-ring (bicyclic) bond motifs is 1. The van der Waals surface area contributed by atoms with Crippen LogP contribution in [0.2, 0.25) is 0 Å². The second-order valence-corrected chi connectivity index (χ2v) is 10.4. The Morgan fingerprint density at radius 3 is 1.50 bits per heavy atom. The third-order valence-corrected chi connectivity index (χ3v) is 7.80. The standard InChI is InChI=1S/C32H8BF13O2/c34-13-8-5-12(10-4-7-15(36)21(37)17(10)13)33(48-32-29(45)26(42)25(41)27(43)30(32)46)47-31-11-3-1-9-2-6-14(35)19-16(9)18(11)20(23(39)22(19)38)24(40)28(31)44/h1-8H. The zero-order valence-electron chi connectivity index (χ0n) is 22.9. The summed E-state index contributed by atoms with van der Waals surface area (Å²) in [6, 6.07) is 6.24. The van der Waals surface area contributed by atoms with Crippen molar-refractivity contribution in [3.05, 3.63) is 124 Å². The fraction of sp³-hybridized carbons (Fsp3) is 0. The lowest BCUT2D eigenvalue weighted by atomic mass is 9.75. The van der Waals surface area contributed by atoms with Crippen LogP contribution in [-0.2, 0) is 0 Å². The van der Waals surface area contributed by atoms with Gasteiger partial charge in [0, 0.05) is 21.6 Å². The van der Waals surface area contributed by atoms with Crippen LogP contribution >= 0.6 is 0 Å². The van der Waals surface area contributed by atoms with Crippen molar-refractivity contribution in [2.45, 2.75) is 0 Å². The van der Waals surface area contributed by atoms with E-state index in [-0.39, 0.29) is 5.39 Å². The largest absolute Gasteiger partial charge is 0.633 e. The molecule has 0 bridgehead atoms. The molecule has 0 aliphatic rings. The van der Waals surface area contributed by atoms with Crippen molar-refractivity contribution in [3.63, 3.8) is 0 Å². The van der Waals surface area contributed by atoms with Gasteiger partial charge in [-0.15, -0.1) is 0 Å². The maximum atomic E-state index is 15.8. The molecule has 0 heterocycles. The van der Waals surface area contributed by atoms with Gasteiger partial charge in [-0.25, -0.2) is 43.9 Å². The van der Waals surface area contributed by atoms with Gasteiger partial charge < -0.3 is 9.31 Å². The molecule has 7 rings (SSSR count). The first kappa shape index (κ1) is 31.2. The Morgan fingerprint density at radius 1 is 0.333 bits per heavy atom. The van der Waals surface area contributed by atoms with Crippen LogP contribution in [0.4, 0.5) is 57.1 Å². The average molecular weight is 682 g/mol. The van der Waals surface area contributed by atoms with Crippen LogP contribution in [0.3, 0.4) is 0 Å². The fourth-order valence-corrected chi connectivity index (χ4v) is 5.65. The number of hydrogen-bond acceptors (Lipinski definition) is 2. The summed E-state index contributed by atoms with van der Waals surface area (Å²) >= 11 is 0. The number of rotatable bonds is 5. The summed E-state index contributed by atoms with van der Waals surface area (Å²) < 4.78 is 202. The molecule has 0 amide bonds. The molecule has 242 valence electrons. The SMILES string of the molecule is Fc1ccc2c(B(Oc3c(F)c(F)c(F)c(F)c3F)Oc3c(F)c(F)c4c(F)c(F)c5c(F)ccc6ccc3c4c65)ccc(F)c2c1F. The molecule has 0 aromatic heterocycles. The third-order valence-electron chi connectivity index (χ3n) is 7.80. The fourth-order valence-electron chi connectivity index (χ4n) is 5.65. The molecule has 0 fully saturated rings. The highest BCUT2D eigenvalue weighted by molar-refractivity contribution is 6.66. The number of benzene rings is 7. The van der Waals surface area contributed by atoms with E-state index in [9.17, 15) is 43.9 Å². The molecule has 0 unspecified atom stereocenters. The van der Waals surface area contributed by atoms with E-state index < -0.39 is 137 Å². The van der Waals surface area contributed by atoms with Gasteiger partial charge in [0.15, 0.2) is 40.7 Å². The topological polar surface area (TPSA) is 18.5 Å². The first-order chi connectivity index (χ1) is 22.7. The average Bonchev–Trinajstić information content (AvgIpc) is 3.07. The predicted molar refractivity (Wildman–Crippen MR) is 147 cm³/mol. The first-order valence-corrected chi connectivity index (χ1v) is 13.3. The molecule has 7 aromatic rings. The highest BCUT2D eigenvalue weighted by Crippen LogP contribution is 2.45. The van der Waals surface area contributed by atoms with Crippen molar-refractivity contribution < 1.29 is 66.4 Å². The van der Waals surface area contributed by atoms with Gasteiger partial charge in [0.2, 0.25) is 29.1 Å². The molecule has 0 spiro atoms. The summed E-state index contributed by atoms with van der Waals surface area (Å²) in [6.07, 6.45) is 0. The van der Waals surface area contributed by atoms with Crippen molar-refractivity contribution in [1.82, 2.24) is 0 Å². The summed E-state index contributed by atoms with van der Waals surface area (Å²) in [7, 11) is -2.71. The summed E-state index contributed by atoms with van der Waals surface area (Å²) in [5.74, 6) is -30.4. The molecule has 0 atom stereocenters. The highest BCUT2D eigenvalue weighted by Gasteiger charge is 2.38. The van der Waals surface area contributed by atoms with Crippen LogP contribution in [-0.4, -0.2) is 7.12 Å². The van der Waals surface area contributed by atoms with Crippen molar-refractivity contribution in [2.24, 2.45) is 0 Å². The second-order valence-electron chi connectivity index (χ2n) is 10.4. The van der Waals surface area contributed by atoms with E-state index in [2.05, 4.69) is 0 Å². The Labute approximate surface area is 258 Å². The Bertz CT molecular complexity index is 2490. The van der Waals surface area contributed by atoms with Gasteiger partial charge >= 0.3 is 7.12 Å². The van der Waals surface area contributed by atoms with E-state index >= 15 is 13.2 Å². The first-order valence-electron chi connectivity index (χ1n) is 13.3. The van der Waals surface area contributed by atoms with Crippen molar-refractivity contribution >= 4 is 55.7 Å². The maximum Gasteiger partial charge on any atom is 0.633 e. The van der Waals surface area contributed by atoms with Crippen LogP contribution in [0.5, 0.6) is 11.5 Å². The summed E-state index contributed by atoms with van der Waals surface area (Å²) in [4.78, 5) is 0. The summed E-state index contributed by atoms with van der Waals surface area (Å²) in [5, 5.41) is -5.89. The Kier molecular flexibility index (Phi) is 7.03. The maximum absolute atomic E-state index is 15.8. The predicted octanol–water partition coefficient (Wildman–Crippen LogP) is 9.40. The van der Waals surface area contributed by atoms with Gasteiger partial charge in [-0.05, 0) is 35.0 Å². The van der Waals surface area contributed by atoms with E-state index in [1.807, 2.05) is 0 Å². The third kappa shape index (κ3) is 4.23. The lowest BCUT2D eigenvalue weighted by Crippen LogP contribution is -2.44. The van der Waals surface area contributed by atoms with Crippen molar-refractivity contribution in [3.8, 4) is 11.5 Å². The summed E-state index contributed by atoms with van der Waals surface area (Å²) in [6.45, 7) is 0. The van der Waals surface area contributed by atoms with Crippen molar-refractivity contribution in [1.29, 1.82) is 0 Å². The van der Waals surface area contributed by atoms with Gasteiger partial charge in [-0.2, -0.15) is 13.2 Å². The van der Waals surface area contributed by atoms with Gasteiger partial charge in [-0.3, -0.25) is 0 Å². The van der Waals surface area contributed by atoms with Crippen molar-refractivity contribution in [2.75, 3.05) is 0 Å². The zero-order chi connectivity index (χ0) is 34.5. The van der Waals surface area contributed by atoms with E-state index in [1.54, 1.807) is 0 Å². The number of halogens is 13. The molecule has 0 radical (unpaired) electrons. The van der Waals surface area contributed by atoms with Crippen LogP contribution < -0.4 is 14.8 Å². The zero-order valence-corrected chi connectivity index (χ0v) is 22.9. The molecular weight excluding hydrogens is 674 g/mol. The molecule has 2 nitrogen and oxygen atoms in total. The lowest BCUT2D eigenvalue weighted by molar-refractivity contribution is 0.333. The molecule has 7 aromatic carbocycles. The van der Waals surface area contributed by atoms with E-state index in [4.69, 9.17) is 9.31 Å². The molecule has 0 saturated heterocycles. The highest BCUT2D eigenvalue weighted by atomic mass is 19.2. The normalized spacial score (nSPS) is 11.9. The van der Waals surface area contributed by atoms with Crippen LogP contribution in [0.15, 0.2) is 48.5 Å². The van der Waals surface area contributed by atoms with Crippen LogP contribution in [0.1, 0.15) is 0 Å². The van der Waals surface area contributed by atoms with Gasteiger partial charge in [0.1, 0.15) is 17.4 Å². The Morgan fingerprint density at radius 2 is 0.812 bits per heavy atom. The minimum Gasteiger partial charge on any atom is -0.519 e. The Hall–Kier alpha value is -5.41. The van der Waals surface area contributed by atoms with E-state index in [0.717, 1.165) is 24.3 Å². The van der Waals surface area contributed by atoms with Gasteiger partial charge in [0.25, 0.3) is 0 Å². The molecule has 0 aliphatic carbocycles. The van der Waals surface area contributed by atoms with Crippen LogP contribution in [0.25, 0.3) is 43.1 Å². The molecule has 16 heteroatoms. The molecule has 0 N–H and O–H groups in total. The number of hydrogen-bond donors (Lipinski definition) is 0. The van der Waals surface area contributed by atoms with E-state index in [1.165, 1.54) is 0 Å². The molecule has 0 saturated carbocycles. The van der Waals surface area contributed by atoms with Gasteiger partial charge in [0.05, 0.1) is 16.2 Å². The van der Waals surface area contributed by atoms with Gasteiger partial charge in [-0.1, -0.05) is 24.3 Å². The quantitative estimate of drug-likeness (QED) is 0.0593. The smallest absolute Gasteiger partial charge is 0.519 e. The minimum absolute atomic E-state index is 0.00371.